The molecule has 0 bridgehead atoms. The van der Waals surface area contributed by atoms with Crippen LogP contribution < -0.4 is 10.6 Å². The molecule has 3 unspecified atom stereocenters. The number of amides is 1. The quantitative estimate of drug-likeness (QED) is 0.221. The number of carbonyl (C=O) groups is 2. The second kappa shape index (κ2) is 11.9. The Morgan fingerprint density at radius 1 is 1.22 bits per heavy atom. The van der Waals surface area contributed by atoms with Gasteiger partial charge in [-0.1, -0.05) is 12.8 Å². The van der Waals surface area contributed by atoms with Crippen LogP contribution in [0.15, 0.2) is 11.8 Å². The Morgan fingerprint density at radius 3 is 2.85 bits per heavy atom. The van der Waals surface area contributed by atoms with Gasteiger partial charge >= 0.3 is 5.97 Å². The summed E-state index contributed by atoms with van der Waals surface area (Å²) in [6.45, 7) is 0.527. The molecule has 1 fully saturated rings. The summed E-state index contributed by atoms with van der Waals surface area (Å²) in [5.41, 5.74) is 1.18. The Morgan fingerprint density at radius 2 is 2.04 bits per heavy atom. The van der Waals surface area contributed by atoms with Crippen LogP contribution in [0.3, 0.4) is 0 Å². The van der Waals surface area contributed by atoms with Crippen molar-refractivity contribution in [2.45, 2.75) is 63.6 Å². The SMILES string of the molecule is O=C(CCCC(=O)OCCOCCO)NC(O)CC1=CNC2CCCCC12. The topological polar surface area (TPSA) is 117 Å². The van der Waals surface area contributed by atoms with Crippen molar-refractivity contribution in [3.8, 4) is 0 Å². The van der Waals surface area contributed by atoms with Gasteiger partial charge in [0.25, 0.3) is 0 Å². The predicted molar refractivity (Wildman–Crippen MR) is 98.4 cm³/mol. The lowest BCUT2D eigenvalue weighted by Gasteiger charge is -2.28. The molecule has 0 spiro atoms. The molecule has 3 atom stereocenters. The summed E-state index contributed by atoms with van der Waals surface area (Å²) >= 11 is 0. The van der Waals surface area contributed by atoms with Crippen LogP contribution >= 0.6 is 0 Å². The minimum atomic E-state index is -0.901. The van der Waals surface area contributed by atoms with Crippen LogP contribution in [0.1, 0.15) is 51.4 Å². The zero-order valence-electron chi connectivity index (χ0n) is 15.8. The molecule has 0 saturated heterocycles. The van der Waals surface area contributed by atoms with Crippen LogP contribution in [-0.4, -0.2) is 60.8 Å². The highest BCUT2D eigenvalue weighted by molar-refractivity contribution is 5.77. The second-order valence-electron chi connectivity index (χ2n) is 7.08. The minimum absolute atomic E-state index is 0.0655. The van der Waals surface area contributed by atoms with Crippen LogP contribution in [0.5, 0.6) is 0 Å². The smallest absolute Gasteiger partial charge is 0.305 e. The Bertz CT molecular complexity index is 510. The lowest BCUT2D eigenvalue weighted by Crippen LogP contribution is -2.36. The molecule has 4 N–H and O–H groups in total. The van der Waals surface area contributed by atoms with Crippen LogP contribution in [-0.2, 0) is 19.1 Å². The van der Waals surface area contributed by atoms with E-state index in [1.807, 2.05) is 6.20 Å². The maximum Gasteiger partial charge on any atom is 0.305 e. The molecule has 0 aromatic rings. The van der Waals surface area contributed by atoms with Gasteiger partial charge in [-0.15, -0.1) is 0 Å². The fourth-order valence-corrected chi connectivity index (χ4v) is 3.68. The van der Waals surface area contributed by atoms with Crippen molar-refractivity contribution in [1.29, 1.82) is 0 Å². The number of carbonyl (C=O) groups excluding carboxylic acids is 2. The molecule has 8 nitrogen and oxygen atoms in total. The number of ether oxygens (including phenoxy) is 2. The molecule has 27 heavy (non-hydrogen) atoms. The van der Waals surface area contributed by atoms with Crippen molar-refractivity contribution in [3.63, 3.8) is 0 Å². The Balaban J connectivity index is 1.54. The molecular weight excluding hydrogens is 352 g/mol. The molecule has 1 aliphatic carbocycles. The van der Waals surface area contributed by atoms with Crippen molar-refractivity contribution >= 4 is 11.9 Å². The van der Waals surface area contributed by atoms with Gasteiger partial charge in [0.15, 0.2) is 0 Å². The van der Waals surface area contributed by atoms with Gasteiger partial charge < -0.3 is 30.3 Å². The largest absolute Gasteiger partial charge is 0.463 e. The summed E-state index contributed by atoms with van der Waals surface area (Å²) in [6.07, 6.45) is 6.96. The first kappa shape index (κ1) is 21.7. The number of hydrogen-bond acceptors (Lipinski definition) is 7. The number of nitrogens with one attached hydrogen (secondary N) is 2. The molecule has 0 aromatic heterocycles. The fourth-order valence-electron chi connectivity index (χ4n) is 3.68. The van der Waals surface area contributed by atoms with E-state index in [-0.39, 0.29) is 51.1 Å². The zero-order valence-corrected chi connectivity index (χ0v) is 15.8. The third-order valence-corrected chi connectivity index (χ3v) is 4.99. The molecule has 8 heteroatoms. The van der Waals surface area contributed by atoms with Crippen molar-refractivity contribution in [1.82, 2.24) is 10.6 Å². The van der Waals surface area contributed by atoms with Gasteiger partial charge in [0.2, 0.25) is 5.91 Å². The Labute approximate surface area is 160 Å². The van der Waals surface area contributed by atoms with Crippen molar-refractivity contribution < 1.29 is 29.3 Å². The van der Waals surface area contributed by atoms with Gasteiger partial charge in [-0.05, 0) is 31.0 Å². The highest BCUT2D eigenvalue weighted by Crippen LogP contribution is 2.35. The first-order valence-electron chi connectivity index (χ1n) is 9.86. The fraction of sp³-hybridized carbons (Fsp3) is 0.789. The molecule has 154 valence electrons. The van der Waals surface area contributed by atoms with E-state index in [1.54, 1.807) is 0 Å². The van der Waals surface area contributed by atoms with Crippen molar-refractivity contribution in [3.05, 3.63) is 11.8 Å². The van der Waals surface area contributed by atoms with Crippen molar-refractivity contribution in [2.75, 3.05) is 26.4 Å². The van der Waals surface area contributed by atoms with Gasteiger partial charge in [-0.2, -0.15) is 0 Å². The number of fused-ring (bicyclic) bond motifs is 1. The van der Waals surface area contributed by atoms with Gasteiger partial charge in [0, 0.05) is 31.2 Å². The van der Waals surface area contributed by atoms with Crippen LogP contribution in [0.2, 0.25) is 0 Å². The number of rotatable bonds is 12. The number of hydrogen-bond donors (Lipinski definition) is 4. The van der Waals surface area contributed by atoms with Gasteiger partial charge in [-0.25, -0.2) is 0 Å². The van der Waals surface area contributed by atoms with E-state index in [1.165, 1.54) is 18.4 Å². The summed E-state index contributed by atoms with van der Waals surface area (Å²) in [5.74, 6) is -0.184. The Kier molecular flexibility index (Phi) is 9.58. The summed E-state index contributed by atoms with van der Waals surface area (Å²) < 4.78 is 9.93. The van der Waals surface area contributed by atoms with Gasteiger partial charge in [-0.3, -0.25) is 9.59 Å². The van der Waals surface area contributed by atoms with E-state index < -0.39 is 6.23 Å². The highest BCUT2D eigenvalue weighted by Gasteiger charge is 2.32. The molecule has 2 rings (SSSR count). The summed E-state index contributed by atoms with van der Waals surface area (Å²) in [5, 5.41) is 24.7. The van der Waals surface area contributed by atoms with E-state index >= 15 is 0 Å². The molecule has 0 aromatic carbocycles. The first-order valence-corrected chi connectivity index (χ1v) is 9.86. The van der Waals surface area contributed by atoms with Crippen molar-refractivity contribution in [2.24, 2.45) is 5.92 Å². The molecule has 0 radical (unpaired) electrons. The average molecular weight is 384 g/mol. The molecule has 1 saturated carbocycles. The third kappa shape index (κ3) is 7.86. The van der Waals surface area contributed by atoms with Crippen LogP contribution in [0.4, 0.5) is 0 Å². The number of aliphatic hydroxyl groups excluding tert-OH is 2. The highest BCUT2D eigenvalue weighted by atomic mass is 16.6. The summed E-state index contributed by atoms with van der Waals surface area (Å²) in [4.78, 5) is 23.4. The first-order chi connectivity index (χ1) is 13.1. The molecule has 1 amide bonds. The van der Waals surface area contributed by atoms with Crippen LogP contribution in [0.25, 0.3) is 0 Å². The van der Waals surface area contributed by atoms with Crippen LogP contribution in [0, 0.1) is 5.92 Å². The standard InChI is InChI=1S/C19H32N2O6/c22-8-9-26-10-11-27-19(25)7-3-6-17(23)21-18(24)12-14-13-20-16-5-2-1-4-15(14)16/h13,15-16,18,20,22,24H,1-12H2,(H,21,23). The Hall–Kier alpha value is -1.64. The van der Waals surface area contributed by atoms with Gasteiger partial charge in [0.05, 0.1) is 19.8 Å². The number of aliphatic hydroxyl groups is 2. The van der Waals surface area contributed by atoms with E-state index in [9.17, 15) is 14.7 Å². The molecular formula is C19H32N2O6. The lowest BCUT2D eigenvalue weighted by atomic mass is 9.81. The second-order valence-corrected chi connectivity index (χ2v) is 7.08. The predicted octanol–water partition coefficient (Wildman–Crippen LogP) is 0.579. The van der Waals surface area contributed by atoms with E-state index in [0.717, 1.165) is 12.8 Å². The molecule has 1 heterocycles. The third-order valence-electron chi connectivity index (χ3n) is 4.99. The maximum atomic E-state index is 11.9. The maximum absolute atomic E-state index is 11.9. The summed E-state index contributed by atoms with van der Waals surface area (Å²) in [7, 11) is 0. The van der Waals surface area contributed by atoms with E-state index in [2.05, 4.69) is 10.6 Å². The normalized spacial score (nSPS) is 22.4. The minimum Gasteiger partial charge on any atom is -0.463 e. The average Bonchev–Trinajstić information content (AvgIpc) is 3.04. The molecule has 2 aliphatic rings. The van der Waals surface area contributed by atoms with Gasteiger partial charge in [0.1, 0.15) is 12.8 Å². The number of esters is 1. The van der Waals surface area contributed by atoms with E-state index in [0.29, 0.717) is 24.8 Å². The summed E-state index contributed by atoms with van der Waals surface area (Å²) in [6, 6.07) is 0.483. The molecule has 1 aliphatic heterocycles. The van der Waals surface area contributed by atoms with E-state index in [4.69, 9.17) is 14.6 Å². The lowest BCUT2D eigenvalue weighted by molar-refractivity contribution is -0.145. The monoisotopic (exact) mass is 384 g/mol. The zero-order chi connectivity index (χ0) is 19.5.